The lowest BCUT2D eigenvalue weighted by Gasteiger charge is -2.47. The molecule has 4 nitrogen and oxygen atoms in total. The van der Waals surface area contributed by atoms with Gasteiger partial charge in [-0.05, 0) is 60.6 Å². The van der Waals surface area contributed by atoms with E-state index in [-0.39, 0.29) is 28.4 Å². The summed E-state index contributed by atoms with van der Waals surface area (Å²) in [5, 5.41) is 0.346. The topological polar surface area (TPSA) is 36.9 Å². The molecule has 0 aromatic heterocycles. The second-order valence-electron chi connectivity index (χ2n) is 13.2. The van der Waals surface area contributed by atoms with Crippen LogP contribution in [0.3, 0.4) is 0 Å². The van der Waals surface area contributed by atoms with E-state index in [1.807, 2.05) is 6.07 Å². The smallest absolute Gasteiger partial charge is 0.192 e. The molecule has 0 spiro atoms. The van der Waals surface area contributed by atoms with Crippen LogP contribution in [0.15, 0.2) is 30.3 Å². The molecular formula is C28H52O4Si2. The summed E-state index contributed by atoms with van der Waals surface area (Å²) >= 11 is 0. The molecule has 0 unspecified atom stereocenters. The molecule has 1 aromatic carbocycles. The van der Waals surface area contributed by atoms with Gasteiger partial charge in [0.15, 0.2) is 16.6 Å². The zero-order valence-electron chi connectivity index (χ0n) is 23.9. The molecule has 0 radical (unpaired) electrons. The van der Waals surface area contributed by atoms with Crippen molar-refractivity contribution in [2.75, 3.05) is 13.2 Å². The first-order valence-corrected chi connectivity index (χ1v) is 18.9. The van der Waals surface area contributed by atoms with E-state index in [9.17, 15) is 0 Å². The minimum absolute atomic E-state index is 0.0291. The molecule has 1 saturated heterocycles. The van der Waals surface area contributed by atoms with E-state index in [2.05, 4.69) is 98.9 Å². The lowest BCUT2D eigenvalue weighted by atomic mass is 9.90. The summed E-state index contributed by atoms with van der Waals surface area (Å²) in [6.45, 7) is 27.4. The molecule has 4 atom stereocenters. The molecule has 6 heteroatoms. The van der Waals surface area contributed by atoms with E-state index in [0.717, 1.165) is 12.8 Å². The lowest BCUT2D eigenvalue weighted by molar-refractivity contribution is -0.154. The van der Waals surface area contributed by atoms with Crippen LogP contribution in [0.4, 0.5) is 0 Å². The molecule has 1 aliphatic rings. The van der Waals surface area contributed by atoms with Gasteiger partial charge in [0.1, 0.15) is 6.10 Å². The summed E-state index contributed by atoms with van der Waals surface area (Å²) in [6, 6.07) is 10.4. The molecule has 1 aliphatic heterocycles. The predicted molar refractivity (Wildman–Crippen MR) is 148 cm³/mol. The molecule has 0 saturated carbocycles. The van der Waals surface area contributed by atoms with Gasteiger partial charge in [-0.1, -0.05) is 78.8 Å². The van der Waals surface area contributed by atoms with Crippen LogP contribution in [-0.4, -0.2) is 48.2 Å². The quantitative estimate of drug-likeness (QED) is 0.239. The molecule has 0 bridgehead atoms. The highest BCUT2D eigenvalue weighted by atomic mass is 28.4. The molecule has 1 heterocycles. The number of hydrogen-bond donors (Lipinski definition) is 0. The normalized spacial score (nSPS) is 24.9. The van der Waals surface area contributed by atoms with Crippen LogP contribution >= 0.6 is 0 Å². The van der Waals surface area contributed by atoms with Crippen LogP contribution in [0, 0.1) is 5.92 Å². The van der Waals surface area contributed by atoms with Crippen molar-refractivity contribution in [2.24, 2.45) is 5.92 Å². The summed E-state index contributed by atoms with van der Waals surface area (Å²) in [5.74, 6) is 0.430. The van der Waals surface area contributed by atoms with E-state index in [0.29, 0.717) is 25.7 Å². The second kappa shape index (κ2) is 11.7. The third-order valence-electron chi connectivity index (χ3n) is 8.33. The number of ether oxygens (including phenoxy) is 2. The van der Waals surface area contributed by atoms with Crippen LogP contribution in [-0.2, 0) is 24.9 Å². The molecular weight excluding hydrogens is 456 g/mol. The van der Waals surface area contributed by atoms with Gasteiger partial charge in [-0.15, -0.1) is 0 Å². The first kappa shape index (κ1) is 29.7. The Morgan fingerprint density at radius 3 is 2.03 bits per heavy atom. The fourth-order valence-corrected chi connectivity index (χ4v) is 6.14. The summed E-state index contributed by atoms with van der Waals surface area (Å²) < 4.78 is 26.3. The first-order valence-electron chi connectivity index (χ1n) is 13.1. The molecule has 1 aromatic rings. The third kappa shape index (κ3) is 8.27. The summed E-state index contributed by atoms with van der Waals surface area (Å²) in [4.78, 5) is 0. The van der Waals surface area contributed by atoms with Crippen molar-refractivity contribution in [2.45, 2.75) is 122 Å². The first-order chi connectivity index (χ1) is 15.5. The van der Waals surface area contributed by atoms with Gasteiger partial charge in [-0.25, -0.2) is 0 Å². The standard InChI is InChI=1S/C28H52O4Si2/c1-22-19-25(32-34(10,11)28(5,6)7)26(21-30-33(8,9)27(2,3)4)31-24(22)17-18-29-20-23-15-13-12-14-16-23/h12-16,22,24-26H,17-21H2,1-11H3/t22-,24-,25-,26+/m0/s1. The minimum atomic E-state index is -1.91. The van der Waals surface area contributed by atoms with E-state index >= 15 is 0 Å². The molecule has 34 heavy (non-hydrogen) atoms. The highest BCUT2D eigenvalue weighted by Gasteiger charge is 2.45. The van der Waals surface area contributed by atoms with Crippen molar-refractivity contribution >= 4 is 16.6 Å². The summed E-state index contributed by atoms with van der Waals surface area (Å²) in [5.41, 5.74) is 1.21. The fourth-order valence-electron chi connectivity index (χ4n) is 3.77. The maximum atomic E-state index is 6.93. The van der Waals surface area contributed by atoms with Crippen LogP contribution in [0.2, 0.25) is 36.3 Å². The maximum absolute atomic E-state index is 6.93. The van der Waals surface area contributed by atoms with Gasteiger partial charge in [-0.2, -0.15) is 0 Å². The van der Waals surface area contributed by atoms with E-state index in [1.54, 1.807) is 0 Å². The van der Waals surface area contributed by atoms with Crippen molar-refractivity contribution in [3.05, 3.63) is 35.9 Å². The van der Waals surface area contributed by atoms with Gasteiger partial charge in [0.25, 0.3) is 0 Å². The van der Waals surface area contributed by atoms with Gasteiger partial charge in [0.05, 0.1) is 25.4 Å². The zero-order chi connectivity index (χ0) is 25.8. The lowest BCUT2D eigenvalue weighted by Crippen LogP contribution is -2.54. The average Bonchev–Trinajstić information content (AvgIpc) is 2.70. The minimum Gasteiger partial charge on any atom is -0.414 e. The van der Waals surface area contributed by atoms with Crippen molar-refractivity contribution in [3.63, 3.8) is 0 Å². The van der Waals surface area contributed by atoms with E-state index < -0.39 is 16.6 Å². The molecule has 196 valence electrons. The Kier molecular flexibility index (Phi) is 10.2. The predicted octanol–water partition coefficient (Wildman–Crippen LogP) is 7.80. The molecule has 0 aliphatic carbocycles. The summed E-state index contributed by atoms with van der Waals surface area (Å²) in [6.07, 6.45) is 2.14. The van der Waals surface area contributed by atoms with E-state index in [1.165, 1.54) is 5.56 Å². The van der Waals surface area contributed by atoms with Crippen molar-refractivity contribution in [1.29, 1.82) is 0 Å². The Bertz CT molecular complexity index is 737. The number of benzene rings is 1. The fraction of sp³-hybridized carbons (Fsp3) is 0.786. The Balaban J connectivity index is 2.05. The van der Waals surface area contributed by atoms with Gasteiger partial charge in [0, 0.05) is 6.61 Å². The Morgan fingerprint density at radius 1 is 0.882 bits per heavy atom. The van der Waals surface area contributed by atoms with Gasteiger partial charge in [0.2, 0.25) is 0 Å². The Hall–Kier alpha value is -0.506. The zero-order valence-corrected chi connectivity index (χ0v) is 25.9. The monoisotopic (exact) mass is 508 g/mol. The van der Waals surface area contributed by atoms with Crippen LogP contribution in [0.25, 0.3) is 0 Å². The molecule has 2 rings (SSSR count). The molecule has 0 N–H and O–H groups in total. The van der Waals surface area contributed by atoms with Crippen molar-refractivity contribution < 1.29 is 18.3 Å². The van der Waals surface area contributed by atoms with Gasteiger partial charge >= 0.3 is 0 Å². The maximum Gasteiger partial charge on any atom is 0.192 e. The third-order valence-corrected chi connectivity index (χ3v) is 17.3. The largest absolute Gasteiger partial charge is 0.414 e. The van der Waals surface area contributed by atoms with Gasteiger partial charge < -0.3 is 18.3 Å². The Labute approximate surface area is 212 Å². The van der Waals surface area contributed by atoms with E-state index in [4.69, 9.17) is 18.3 Å². The number of hydrogen-bond acceptors (Lipinski definition) is 4. The highest BCUT2D eigenvalue weighted by molar-refractivity contribution is 6.74. The highest BCUT2D eigenvalue weighted by Crippen LogP contribution is 2.41. The van der Waals surface area contributed by atoms with Crippen molar-refractivity contribution in [1.82, 2.24) is 0 Å². The number of rotatable bonds is 10. The van der Waals surface area contributed by atoms with Crippen molar-refractivity contribution in [3.8, 4) is 0 Å². The van der Waals surface area contributed by atoms with Crippen LogP contribution in [0.5, 0.6) is 0 Å². The SMILES string of the molecule is C[C@H]1C[C@H](O[Si](C)(C)C(C)(C)C)[C@@H](CO[Si](C)(C)C(C)(C)C)O[C@H]1CCOCc1ccccc1. The molecule has 1 fully saturated rings. The van der Waals surface area contributed by atoms with Crippen LogP contribution < -0.4 is 0 Å². The van der Waals surface area contributed by atoms with Gasteiger partial charge in [-0.3, -0.25) is 0 Å². The average molecular weight is 509 g/mol. The molecule has 0 amide bonds. The van der Waals surface area contributed by atoms with Crippen LogP contribution in [0.1, 0.15) is 66.9 Å². The Morgan fingerprint density at radius 2 is 1.47 bits per heavy atom. The second-order valence-corrected chi connectivity index (χ2v) is 22.8. The summed E-state index contributed by atoms with van der Waals surface area (Å²) in [7, 11) is -3.79.